The summed E-state index contributed by atoms with van der Waals surface area (Å²) in [6.45, 7) is 4.05. The van der Waals surface area contributed by atoms with E-state index in [1.54, 1.807) is 37.3 Å². The van der Waals surface area contributed by atoms with Gasteiger partial charge in [-0.25, -0.2) is 8.42 Å². The van der Waals surface area contributed by atoms with Crippen molar-refractivity contribution in [2.75, 3.05) is 11.3 Å². The van der Waals surface area contributed by atoms with Crippen LogP contribution in [-0.2, 0) is 10.0 Å². The zero-order valence-electron chi connectivity index (χ0n) is 12.8. The lowest BCUT2D eigenvalue weighted by atomic mass is 10.1. The number of nitrogens with one attached hydrogen (secondary N) is 2. The van der Waals surface area contributed by atoms with Crippen LogP contribution in [-0.4, -0.2) is 20.9 Å². The predicted octanol–water partition coefficient (Wildman–Crippen LogP) is 3.31. The number of amides is 1. The second-order valence-electron chi connectivity index (χ2n) is 4.92. The van der Waals surface area contributed by atoms with Crippen molar-refractivity contribution in [1.82, 2.24) is 5.32 Å². The summed E-state index contributed by atoms with van der Waals surface area (Å²) in [5.41, 5.74) is 1.50. The molecule has 0 spiro atoms. The normalized spacial score (nSPS) is 11.1. The van der Waals surface area contributed by atoms with E-state index >= 15 is 0 Å². The number of hydrogen-bond donors (Lipinski definition) is 2. The molecule has 0 fully saturated rings. The van der Waals surface area contributed by atoms with Gasteiger partial charge in [0.15, 0.2) is 0 Å². The lowest BCUT2D eigenvalue weighted by Gasteiger charge is -2.12. The molecule has 0 aliphatic heterocycles. The lowest BCUT2D eigenvalue weighted by molar-refractivity contribution is 0.0955. The fourth-order valence-corrected chi connectivity index (χ4v) is 3.64. The highest BCUT2D eigenvalue weighted by Crippen LogP contribution is 2.25. The minimum atomic E-state index is -3.78. The average molecular weight is 397 g/mol. The maximum Gasteiger partial charge on any atom is 0.261 e. The molecule has 0 unspecified atom stereocenters. The summed E-state index contributed by atoms with van der Waals surface area (Å²) in [5, 5.41) is 2.68. The van der Waals surface area contributed by atoms with E-state index in [1.165, 1.54) is 12.1 Å². The quantitative estimate of drug-likeness (QED) is 0.813. The number of rotatable bonds is 5. The number of anilines is 1. The Kier molecular flexibility index (Phi) is 5.43. The zero-order valence-corrected chi connectivity index (χ0v) is 15.2. The maximum atomic E-state index is 12.5. The van der Waals surface area contributed by atoms with Crippen LogP contribution in [0.1, 0.15) is 22.8 Å². The van der Waals surface area contributed by atoms with Crippen molar-refractivity contribution in [3.63, 3.8) is 0 Å². The molecule has 2 aromatic rings. The predicted molar refractivity (Wildman–Crippen MR) is 94.1 cm³/mol. The van der Waals surface area contributed by atoms with Gasteiger partial charge in [0.25, 0.3) is 15.9 Å². The summed E-state index contributed by atoms with van der Waals surface area (Å²) in [4.78, 5) is 12.1. The molecule has 0 saturated carbocycles. The van der Waals surface area contributed by atoms with Gasteiger partial charge in [-0.05, 0) is 59.6 Å². The minimum Gasteiger partial charge on any atom is -0.352 e. The van der Waals surface area contributed by atoms with Crippen molar-refractivity contribution in [3.05, 3.63) is 58.1 Å². The number of para-hydroxylation sites is 1. The molecule has 7 heteroatoms. The van der Waals surface area contributed by atoms with Gasteiger partial charge in [-0.15, -0.1) is 0 Å². The van der Waals surface area contributed by atoms with Crippen LogP contribution in [0.2, 0.25) is 0 Å². The molecule has 0 aromatic heterocycles. The Bertz CT molecular complexity index is 835. The van der Waals surface area contributed by atoms with E-state index in [9.17, 15) is 13.2 Å². The van der Waals surface area contributed by atoms with E-state index < -0.39 is 10.0 Å². The highest BCUT2D eigenvalue weighted by molar-refractivity contribution is 9.10. The van der Waals surface area contributed by atoms with Crippen LogP contribution in [0.5, 0.6) is 0 Å². The van der Waals surface area contributed by atoms with Crippen molar-refractivity contribution in [1.29, 1.82) is 0 Å². The molecular weight excluding hydrogens is 380 g/mol. The van der Waals surface area contributed by atoms with E-state index in [-0.39, 0.29) is 10.8 Å². The summed E-state index contributed by atoms with van der Waals surface area (Å²) in [6.07, 6.45) is 0. The standard InChI is InChI=1S/C16H17BrN2O3S/c1-3-18-16(20)13-10-12(9-8-11(13)2)23(21,22)19-15-7-5-4-6-14(15)17/h4-10,19H,3H2,1-2H3,(H,18,20). The van der Waals surface area contributed by atoms with Crippen LogP contribution in [0.3, 0.4) is 0 Å². The van der Waals surface area contributed by atoms with Crippen molar-refractivity contribution < 1.29 is 13.2 Å². The van der Waals surface area contributed by atoms with Crippen LogP contribution in [0, 0.1) is 6.92 Å². The number of sulfonamides is 1. The van der Waals surface area contributed by atoms with E-state index in [4.69, 9.17) is 0 Å². The van der Waals surface area contributed by atoms with Crippen molar-refractivity contribution in [3.8, 4) is 0 Å². The molecule has 122 valence electrons. The third kappa shape index (κ3) is 4.11. The summed E-state index contributed by atoms with van der Waals surface area (Å²) in [6, 6.07) is 11.4. The van der Waals surface area contributed by atoms with Crippen molar-refractivity contribution >= 4 is 37.5 Å². The number of aryl methyl sites for hydroxylation is 1. The highest BCUT2D eigenvalue weighted by Gasteiger charge is 2.18. The highest BCUT2D eigenvalue weighted by atomic mass is 79.9. The minimum absolute atomic E-state index is 0.0418. The first-order valence-corrected chi connectivity index (χ1v) is 9.29. The second-order valence-corrected chi connectivity index (χ2v) is 7.46. The molecule has 2 rings (SSSR count). The molecule has 0 aliphatic rings. The Morgan fingerprint density at radius 3 is 2.52 bits per heavy atom. The van der Waals surface area contributed by atoms with Crippen LogP contribution < -0.4 is 10.0 Å². The largest absolute Gasteiger partial charge is 0.352 e. The molecule has 2 N–H and O–H groups in total. The average Bonchev–Trinajstić information content (AvgIpc) is 2.50. The van der Waals surface area contributed by atoms with E-state index in [2.05, 4.69) is 26.0 Å². The molecule has 1 amide bonds. The number of halogens is 1. The van der Waals surface area contributed by atoms with E-state index in [0.29, 0.717) is 22.3 Å². The maximum absolute atomic E-state index is 12.5. The zero-order chi connectivity index (χ0) is 17.0. The Morgan fingerprint density at radius 1 is 1.17 bits per heavy atom. The fraction of sp³-hybridized carbons (Fsp3) is 0.188. The van der Waals surface area contributed by atoms with Crippen LogP contribution in [0.25, 0.3) is 0 Å². The van der Waals surface area contributed by atoms with E-state index in [1.807, 2.05) is 6.92 Å². The van der Waals surface area contributed by atoms with Gasteiger partial charge >= 0.3 is 0 Å². The smallest absolute Gasteiger partial charge is 0.261 e. The Labute approximate surface area is 144 Å². The topological polar surface area (TPSA) is 75.3 Å². The molecule has 0 heterocycles. The fourth-order valence-electron chi connectivity index (χ4n) is 2.02. The van der Waals surface area contributed by atoms with Gasteiger partial charge in [0.05, 0.1) is 10.6 Å². The SMILES string of the molecule is CCNC(=O)c1cc(S(=O)(=O)Nc2ccccc2Br)ccc1C. The van der Waals surface area contributed by atoms with E-state index in [0.717, 1.165) is 5.56 Å². The first kappa shape index (κ1) is 17.5. The van der Waals surface area contributed by atoms with Crippen LogP contribution in [0.4, 0.5) is 5.69 Å². The van der Waals surface area contributed by atoms with Gasteiger partial charge in [0, 0.05) is 16.6 Å². The monoisotopic (exact) mass is 396 g/mol. The number of benzene rings is 2. The van der Waals surface area contributed by atoms with Gasteiger partial charge in [-0.3, -0.25) is 9.52 Å². The molecule has 0 atom stereocenters. The van der Waals surface area contributed by atoms with Gasteiger partial charge in [0.1, 0.15) is 0 Å². The molecule has 5 nitrogen and oxygen atoms in total. The Morgan fingerprint density at radius 2 is 1.87 bits per heavy atom. The summed E-state index contributed by atoms with van der Waals surface area (Å²) in [5.74, 6) is -0.289. The third-order valence-corrected chi connectivity index (χ3v) is 5.27. The number of carbonyl (C=O) groups is 1. The van der Waals surface area contributed by atoms with Gasteiger partial charge in [-0.1, -0.05) is 18.2 Å². The second kappa shape index (κ2) is 7.14. The Balaban J connectivity index is 2.39. The number of hydrogen-bond acceptors (Lipinski definition) is 3. The molecule has 0 radical (unpaired) electrons. The van der Waals surface area contributed by atoms with Crippen molar-refractivity contribution in [2.24, 2.45) is 0 Å². The third-order valence-electron chi connectivity index (χ3n) is 3.22. The Hall–Kier alpha value is -1.86. The van der Waals surface area contributed by atoms with Crippen LogP contribution >= 0.6 is 15.9 Å². The summed E-state index contributed by atoms with van der Waals surface area (Å²) >= 11 is 3.30. The van der Waals surface area contributed by atoms with Gasteiger partial charge in [-0.2, -0.15) is 0 Å². The first-order valence-electron chi connectivity index (χ1n) is 7.01. The summed E-state index contributed by atoms with van der Waals surface area (Å²) in [7, 11) is -3.78. The van der Waals surface area contributed by atoms with Crippen LogP contribution in [0.15, 0.2) is 51.8 Å². The lowest BCUT2D eigenvalue weighted by Crippen LogP contribution is -2.24. The van der Waals surface area contributed by atoms with Gasteiger partial charge in [0.2, 0.25) is 0 Å². The van der Waals surface area contributed by atoms with Gasteiger partial charge < -0.3 is 5.32 Å². The molecule has 23 heavy (non-hydrogen) atoms. The molecule has 0 saturated heterocycles. The molecular formula is C16H17BrN2O3S. The summed E-state index contributed by atoms with van der Waals surface area (Å²) < 4.78 is 28.2. The van der Waals surface area contributed by atoms with Crippen molar-refractivity contribution in [2.45, 2.75) is 18.7 Å². The molecule has 0 aliphatic carbocycles. The molecule has 2 aromatic carbocycles. The first-order chi connectivity index (χ1) is 10.8. The number of carbonyl (C=O) groups excluding carboxylic acids is 1. The molecule has 0 bridgehead atoms.